The van der Waals surface area contributed by atoms with Crippen LogP contribution < -0.4 is 4.74 Å². The SMILES string of the molecule is COc1c(I)cc(I)cc1/C=C1\SC(=S)N(CC(C)C)C1=O. The molecule has 1 aliphatic rings. The summed E-state index contributed by atoms with van der Waals surface area (Å²) < 4.78 is 8.23. The highest BCUT2D eigenvalue weighted by Crippen LogP contribution is 2.36. The molecule has 0 aliphatic carbocycles. The van der Waals surface area contributed by atoms with Crippen molar-refractivity contribution in [2.24, 2.45) is 5.92 Å². The molecule has 0 radical (unpaired) electrons. The molecule has 0 aromatic heterocycles. The third-order valence-corrected chi connectivity index (χ3v) is 5.75. The fourth-order valence-corrected chi connectivity index (χ4v) is 5.44. The number of halogens is 2. The summed E-state index contributed by atoms with van der Waals surface area (Å²) in [5, 5.41) is 0. The van der Waals surface area contributed by atoms with Gasteiger partial charge in [0.05, 0.1) is 15.6 Å². The van der Waals surface area contributed by atoms with Crippen molar-refractivity contribution in [3.63, 3.8) is 0 Å². The molecule has 1 fully saturated rings. The number of hydrogen-bond acceptors (Lipinski definition) is 4. The summed E-state index contributed by atoms with van der Waals surface area (Å²) in [7, 11) is 1.64. The van der Waals surface area contributed by atoms with Gasteiger partial charge in [-0.2, -0.15) is 0 Å². The van der Waals surface area contributed by atoms with Gasteiger partial charge in [-0.3, -0.25) is 9.69 Å². The van der Waals surface area contributed by atoms with Crippen LogP contribution in [0.1, 0.15) is 19.4 Å². The van der Waals surface area contributed by atoms with Gasteiger partial charge in [0, 0.05) is 15.7 Å². The van der Waals surface area contributed by atoms with Gasteiger partial charge in [0.1, 0.15) is 10.1 Å². The molecule has 22 heavy (non-hydrogen) atoms. The Morgan fingerprint density at radius 1 is 1.41 bits per heavy atom. The minimum absolute atomic E-state index is 0.0142. The Balaban J connectivity index is 2.39. The molecule has 0 atom stereocenters. The smallest absolute Gasteiger partial charge is 0.266 e. The molecule has 0 bridgehead atoms. The number of carbonyl (C=O) groups excluding carboxylic acids is 1. The fourth-order valence-electron chi connectivity index (χ4n) is 2.07. The third kappa shape index (κ3) is 4.15. The van der Waals surface area contributed by atoms with Crippen LogP contribution in [0.4, 0.5) is 0 Å². The van der Waals surface area contributed by atoms with Crippen LogP contribution in [0.3, 0.4) is 0 Å². The van der Waals surface area contributed by atoms with E-state index in [1.165, 1.54) is 11.8 Å². The van der Waals surface area contributed by atoms with Gasteiger partial charge in [-0.05, 0) is 69.3 Å². The Bertz CT molecular complexity index is 659. The molecule has 0 unspecified atom stereocenters. The lowest BCUT2D eigenvalue weighted by molar-refractivity contribution is -0.122. The molecule has 0 N–H and O–H groups in total. The Morgan fingerprint density at radius 3 is 2.68 bits per heavy atom. The van der Waals surface area contributed by atoms with Crippen LogP contribution >= 0.6 is 69.2 Å². The average Bonchev–Trinajstić information content (AvgIpc) is 2.65. The summed E-state index contributed by atoms with van der Waals surface area (Å²) in [6.07, 6.45) is 1.88. The Kier molecular flexibility index (Phi) is 6.55. The maximum absolute atomic E-state index is 12.5. The second kappa shape index (κ2) is 7.80. The monoisotopic (exact) mass is 559 g/mol. The van der Waals surface area contributed by atoms with Crippen LogP contribution in [0.15, 0.2) is 17.0 Å². The first-order chi connectivity index (χ1) is 10.3. The first-order valence-corrected chi connectivity index (χ1v) is 10.00. The molecule has 0 spiro atoms. The predicted molar refractivity (Wildman–Crippen MR) is 113 cm³/mol. The summed E-state index contributed by atoms with van der Waals surface area (Å²) >= 11 is 11.2. The molecule has 2 rings (SSSR count). The van der Waals surface area contributed by atoms with Gasteiger partial charge in [-0.25, -0.2) is 0 Å². The van der Waals surface area contributed by atoms with E-state index in [4.69, 9.17) is 17.0 Å². The first kappa shape index (κ1) is 18.5. The number of carbonyl (C=O) groups is 1. The molecular formula is C15H15I2NO2S2. The van der Waals surface area contributed by atoms with E-state index in [1.807, 2.05) is 18.2 Å². The summed E-state index contributed by atoms with van der Waals surface area (Å²) in [6.45, 7) is 4.81. The average molecular weight is 559 g/mol. The zero-order valence-corrected chi connectivity index (χ0v) is 18.3. The molecule has 1 heterocycles. The quantitative estimate of drug-likeness (QED) is 0.303. The standard InChI is InChI=1S/C15H15I2NO2S2/c1-8(2)7-18-14(19)12(22-15(18)21)5-9-4-10(16)6-11(17)13(9)20-3/h4-6,8H,7H2,1-3H3/b12-5-. The lowest BCUT2D eigenvalue weighted by Crippen LogP contribution is -2.31. The number of thiocarbonyl (C=S) groups is 1. The van der Waals surface area contributed by atoms with E-state index in [2.05, 4.69) is 59.0 Å². The van der Waals surface area contributed by atoms with Crippen molar-refractivity contribution in [1.82, 2.24) is 4.90 Å². The lowest BCUT2D eigenvalue weighted by atomic mass is 10.1. The van der Waals surface area contributed by atoms with Crippen LogP contribution in [0.2, 0.25) is 0 Å². The highest BCUT2D eigenvalue weighted by molar-refractivity contribution is 14.1. The topological polar surface area (TPSA) is 29.5 Å². The largest absolute Gasteiger partial charge is 0.495 e. The normalized spacial score (nSPS) is 17.0. The van der Waals surface area contributed by atoms with Crippen molar-refractivity contribution in [2.45, 2.75) is 13.8 Å². The van der Waals surface area contributed by atoms with E-state index in [0.717, 1.165) is 18.5 Å². The maximum Gasteiger partial charge on any atom is 0.266 e. The molecule has 0 saturated carbocycles. The molecule has 118 valence electrons. The second-order valence-electron chi connectivity index (χ2n) is 5.20. The van der Waals surface area contributed by atoms with Crippen LogP contribution in [0.25, 0.3) is 6.08 Å². The molecular weight excluding hydrogens is 544 g/mol. The zero-order valence-electron chi connectivity index (χ0n) is 12.4. The Morgan fingerprint density at radius 2 is 2.09 bits per heavy atom. The van der Waals surface area contributed by atoms with Gasteiger partial charge in [-0.15, -0.1) is 0 Å². The highest BCUT2D eigenvalue weighted by atomic mass is 127. The molecule has 7 heteroatoms. The van der Waals surface area contributed by atoms with Gasteiger partial charge < -0.3 is 4.74 Å². The number of ether oxygens (including phenoxy) is 1. The molecule has 1 saturated heterocycles. The number of thioether (sulfide) groups is 1. The number of benzene rings is 1. The summed E-state index contributed by atoms with van der Waals surface area (Å²) in [5.41, 5.74) is 0.906. The maximum atomic E-state index is 12.5. The summed E-state index contributed by atoms with van der Waals surface area (Å²) in [5.74, 6) is 1.16. The van der Waals surface area contributed by atoms with E-state index in [1.54, 1.807) is 12.0 Å². The minimum Gasteiger partial charge on any atom is -0.495 e. The lowest BCUT2D eigenvalue weighted by Gasteiger charge is -2.16. The van der Waals surface area contributed by atoms with Crippen LogP contribution in [-0.2, 0) is 4.79 Å². The molecule has 1 aliphatic heterocycles. The number of rotatable bonds is 4. The minimum atomic E-state index is -0.0142. The van der Waals surface area contributed by atoms with Crippen molar-refractivity contribution >= 4 is 85.5 Å². The van der Waals surface area contributed by atoms with Crippen LogP contribution in [0.5, 0.6) is 5.75 Å². The Labute approximate surface area is 167 Å². The number of nitrogens with zero attached hydrogens (tertiary/aromatic N) is 1. The fraction of sp³-hybridized carbons (Fsp3) is 0.333. The van der Waals surface area contributed by atoms with E-state index < -0.39 is 0 Å². The number of hydrogen-bond donors (Lipinski definition) is 0. The molecule has 1 aromatic carbocycles. The summed E-state index contributed by atoms with van der Waals surface area (Å²) in [4.78, 5) is 14.9. The van der Waals surface area contributed by atoms with Gasteiger partial charge in [0.25, 0.3) is 5.91 Å². The number of methoxy groups -OCH3 is 1. The Hall–Kier alpha value is 0.130. The van der Waals surface area contributed by atoms with Gasteiger partial charge in [-0.1, -0.05) is 37.8 Å². The van der Waals surface area contributed by atoms with E-state index in [0.29, 0.717) is 21.7 Å². The van der Waals surface area contributed by atoms with Gasteiger partial charge >= 0.3 is 0 Å². The second-order valence-corrected chi connectivity index (χ2v) is 9.28. The highest BCUT2D eigenvalue weighted by Gasteiger charge is 2.32. The predicted octanol–water partition coefficient (Wildman–Crippen LogP) is 4.76. The third-order valence-electron chi connectivity index (χ3n) is 2.95. The van der Waals surface area contributed by atoms with E-state index in [-0.39, 0.29) is 5.91 Å². The van der Waals surface area contributed by atoms with Gasteiger partial charge in [0.15, 0.2) is 0 Å². The van der Waals surface area contributed by atoms with Crippen molar-refractivity contribution < 1.29 is 9.53 Å². The molecule has 3 nitrogen and oxygen atoms in total. The van der Waals surface area contributed by atoms with Crippen molar-refractivity contribution in [2.75, 3.05) is 13.7 Å². The van der Waals surface area contributed by atoms with Crippen LogP contribution in [0, 0.1) is 13.1 Å². The summed E-state index contributed by atoms with van der Waals surface area (Å²) in [6, 6.07) is 4.05. The van der Waals surface area contributed by atoms with E-state index >= 15 is 0 Å². The van der Waals surface area contributed by atoms with Crippen molar-refractivity contribution in [1.29, 1.82) is 0 Å². The van der Waals surface area contributed by atoms with Crippen LogP contribution in [-0.4, -0.2) is 28.8 Å². The molecule has 1 amide bonds. The first-order valence-electron chi connectivity index (χ1n) is 6.62. The number of amides is 1. The zero-order chi connectivity index (χ0) is 16.4. The molecule has 1 aromatic rings. The van der Waals surface area contributed by atoms with E-state index in [9.17, 15) is 4.79 Å². The van der Waals surface area contributed by atoms with Crippen molar-refractivity contribution in [3.8, 4) is 5.75 Å². The van der Waals surface area contributed by atoms with Crippen molar-refractivity contribution in [3.05, 3.63) is 29.7 Å². The van der Waals surface area contributed by atoms with Gasteiger partial charge in [0.2, 0.25) is 0 Å².